The van der Waals surface area contributed by atoms with Crippen LogP contribution in [-0.4, -0.2) is 36.1 Å². The van der Waals surface area contributed by atoms with Gasteiger partial charge in [0.2, 0.25) is 0 Å². The van der Waals surface area contributed by atoms with Gasteiger partial charge in [0, 0.05) is 19.7 Å². The van der Waals surface area contributed by atoms with Crippen molar-refractivity contribution in [2.75, 3.05) is 19.8 Å². The van der Waals surface area contributed by atoms with Gasteiger partial charge < -0.3 is 20.3 Å². The van der Waals surface area contributed by atoms with Crippen LogP contribution in [0.2, 0.25) is 0 Å². The Kier molecular flexibility index (Phi) is 6.81. The predicted octanol–water partition coefficient (Wildman–Crippen LogP) is 0.666. The predicted molar refractivity (Wildman–Crippen MR) is 66.6 cm³/mol. The fourth-order valence-electron chi connectivity index (χ4n) is 1.52. The summed E-state index contributed by atoms with van der Waals surface area (Å²) in [4.78, 5) is 0. The molecule has 0 aromatic heterocycles. The second-order valence-electron chi connectivity index (χ2n) is 3.87. The Morgan fingerprint density at radius 2 is 2.00 bits per heavy atom. The van der Waals surface area contributed by atoms with Crippen molar-refractivity contribution in [3.63, 3.8) is 0 Å². The molecule has 0 aliphatic rings. The molecule has 0 bridgehead atoms. The standard InChI is InChI=1S/C13H21NO3/c1-2-17-10-12-6-4-3-5-11(12)7-14-8-13(16)9-15/h3-6,13-16H,2,7-10H2,1H3/t13-/m0/s1. The van der Waals surface area contributed by atoms with Gasteiger partial charge in [-0.15, -0.1) is 0 Å². The number of benzene rings is 1. The molecule has 1 aromatic rings. The van der Waals surface area contributed by atoms with E-state index >= 15 is 0 Å². The third-order valence-corrected chi connectivity index (χ3v) is 2.49. The van der Waals surface area contributed by atoms with E-state index in [0.717, 1.165) is 11.1 Å². The summed E-state index contributed by atoms with van der Waals surface area (Å²) in [5.74, 6) is 0. The zero-order valence-electron chi connectivity index (χ0n) is 10.2. The molecule has 0 saturated carbocycles. The number of hydrogen-bond donors (Lipinski definition) is 3. The van der Waals surface area contributed by atoms with E-state index in [1.54, 1.807) is 0 Å². The number of ether oxygens (including phenoxy) is 1. The second kappa shape index (κ2) is 8.20. The molecule has 0 unspecified atom stereocenters. The van der Waals surface area contributed by atoms with Gasteiger partial charge in [-0.05, 0) is 18.1 Å². The largest absolute Gasteiger partial charge is 0.394 e. The first-order chi connectivity index (χ1) is 8.27. The van der Waals surface area contributed by atoms with Gasteiger partial charge >= 0.3 is 0 Å². The minimum Gasteiger partial charge on any atom is -0.394 e. The highest BCUT2D eigenvalue weighted by Gasteiger charge is 2.04. The van der Waals surface area contributed by atoms with E-state index in [-0.39, 0.29) is 6.61 Å². The second-order valence-corrected chi connectivity index (χ2v) is 3.87. The first-order valence-electron chi connectivity index (χ1n) is 5.92. The van der Waals surface area contributed by atoms with Crippen molar-refractivity contribution in [1.82, 2.24) is 5.32 Å². The van der Waals surface area contributed by atoms with Gasteiger partial charge in [-0.1, -0.05) is 24.3 Å². The zero-order valence-corrected chi connectivity index (χ0v) is 10.2. The average Bonchev–Trinajstić information content (AvgIpc) is 2.37. The van der Waals surface area contributed by atoms with Crippen molar-refractivity contribution in [2.45, 2.75) is 26.2 Å². The fraction of sp³-hybridized carbons (Fsp3) is 0.538. The topological polar surface area (TPSA) is 61.7 Å². The maximum absolute atomic E-state index is 9.21. The van der Waals surface area contributed by atoms with Gasteiger partial charge in [-0.2, -0.15) is 0 Å². The number of nitrogens with one attached hydrogen (secondary N) is 1. The van der Waals surface area contributed by atoms with E-state index in [2.05, 4.69) is 5.32 Å². The summed E-state index contributed by atoms with van der Waals surface area (Å²) in [5.41, 5.74) is 2.31. The smallest absolute Gasteiger partial charge is 0.0895 e. The summed E-state index contributed by atoms with van der Waals surface area (Å²) in [6.45, 7) is 4.12. The SMILES string of the molecule is CCOCc1ccccc1CNC[C@H](O)CO. The number of rotatable bonds is 8. The third-order valence-electron chi connectivity index (χ3n) is 2.49. The first kappa shape index (κ1) is 14.1. The Balaban J connectivity index is 2.45. The van der Waals surface area contributed by atoms with Gasteiger partial charge in [-0.25, -0.2) is 0 Å². The van der Waals surface area contributed by atoms with Crippen LogP contribution in [0.25, 0.3) is 0 Å². The molecule has 4 nitrogen and oxygen atoms in total. The lowest BCUT2D eigenvalue weighted by molar-refractivity contribution is 0.0941. The van der Waals surface area contributed by atoms with Gasteiger partial charge in [0.25, 0.3) is 0 Å². The monoisotopic (exact) mass is 239 g/mol. The lowest BCUT2D eigenvalue weighted by atomic mass is 10.1. The molecule has 1 rings (SSSR count). The van der Waals surface area contributed by atoms with Gasteiger partial charge in [0.05, 0.1) is 19.3 Å². The van der Waals surface area contributed by atoms with Gasteiger partial charge in [0.1, 0.15) is 0 Å². The normalized spacial score (nSPS) is 12.6. The third kappa shape index (κ3) is 5.28. The number of aliphatic hydroxyl groups is 2. The maximum atomic E-state index is 9.21. The quantitative estimate of drug-likeness (QED) is 0.624. The van der Waals surface area contributed by atoms with Crippen LogP contribution in [0.15, 0.2) is 24.3 Å². The summed E-state index contributed by atoms with van der Waals surface area (Å²) in [5, 5.41) is 21.0. The molecule has 0 aliphatic carbocycles. The lowest BCUT2D eigenvalue weighted by Gasteiger charge is -2.12. The Morgan fingerprint density at radius 3 is 2.65 bits per heavy atom. The van der Waals surface area contributed by atoms with Gasteiger partial charge in [0.15, 0.2) is 0 Å². The fourth-order valence-corrected chi connectivity index (χ4v) is 1.52. The van der Waals surface area contributed by atoms with Crippen LogP contribution in [0, 0.1) is 0 Å². The van der Waals surface area contributed by atoms with E-state index in [4.69, 9.17) is 9.84 Å². The van der Waals surface area contributed by atoms with Crippen LogP contribution in [0.5, 0.6) is 0 Å². The molecule has 0 spiro atoms. The molecule has 4 heteroatoms. The van der Waals surface area contributed by atoms with Crippen LogP contribution >= 0.6 is 0 Å². The molecule has 0 radical (unpaired) electrons. The van der Waals surface area contributed by atoms with Crippen molar-refractivity contribution in [1.29, 1.82) is 0 Å². The summed E-state index contributed by atoms with van der Waals surface area (Å²) in [7, 11) is 0. The minimum atomic E-state index is -0.700. The first-order valence-corrected chi connectivity index (χ1v) is 5.92. The maximum Gasteiger partial charge on any atom is 0.0895 e. The molecule has 17 heavy (non-hydrogen) atoms. The molecule has 0 heterocycles. The van der Waals surface area contributed by atoms with Crippen LogP contribution in [0.4, 0.5) is 0 Å². The summed E-state index contributed by atoms with van der Waals surface area (Å²) in [6, 6.07) is 8.04. The summed E-state index contributed by atoms with van der Waals surface area (Å²) in [6.07, 6.45) is -0.700. The molecular weight excluding hydrogens is 218 g/mol. The van der Waals surface area contributed by atoms with E-state index < -0.39 is 6.10 Å². The van der Waals surface area contributed by atoms with E-state index in [1.165, 1.54) is 0 Å². The van der Waals surface area contributed by atoms with Crippen molar-refractivity contribution >= 4 is 0 Å². The molecule has 96 valence electrons. The number of hydrogen-bond acceptors (Lipinski definition) is 4. The molecule has 1 aromatic carbocycles. The molecule has 0 saturated heterocycles. The Morgan fingerprint density at radius 1 is 1.29 bits per heavy atom. The molecule has 1 atom stereocenters. The minimum absolute atomic E-state index is 0.215. The summed E-state index contributed by atoms with van der Waals surface area (Å²) < 4.78 is 5.39. The van der Waals surface area contributed by atoms with Crippen molar-refractivity contribution in [2.24, 2.45) is 0 Å². The van der Waals surface area contributed by atoms with E-state index in [0.29, 0.717) is 26.3 Å². The summed E-state index contributed by atoms with van der Waals surface area (Å²) >= 11 is 0. The molecule has 3 N–H and O–H groups in total. The molecular formula is C13H21NO3. The Hall–Kier alpha value is -0.940. The van der Waals surface area contributed by atoms with Crippen LogP contribution in [-0.2, 0) is 17.9 Å². The van der Waals surface area contributed by atoms with Crippen LogP contribution < -0.4 is 5.32 Å². The van der Waals surface area contributed by atoms with E-state index in [9.17, 15) is 5.11 Å². The van der Waals surface area contributed by atoms with Crippen molar-refractivity contribution in [3.05, 3.63) is 35.4 Å². The average molecular weight is 239 g/mol. The highest BCUT2D eigenvalue weighted by atomic mass is 16.5. The van der Waals surface area contributed by atoms with Crippen molar-refractivity contribution < 1.29 is 14.9 Å². The molecule has 0 aliphatic heterocycles. The van der Waals surface area contributed by atoms with Crippen LogP contribution in [0.3, 0.4) is 0 Å². The lowest BCUT2D eigenvalue weighted by Crippen LogP contribution is -2.29. The Bertz CT molecular complexity index is 317. The van der Waals surface area contributed by atoms with Crippen molar-refractivity contribution in [3.8, 4) is 0 Å². The number of aliphatic hydroxyl groups excluding tert-OH is 2. The van der Waals surface area contributed by atoms with Gasteiger partial charge in [-0.3, -0.25) is 0 Å². The highest BCUT2D eigenvalue weighted by molar-refractivity contribution is 5.26. The Labute approximate surface area is 102 Å². The highest BCUT2D eigenvalue weighted by Crippen LogP contribution is 2.09. The molecule has 0 amide bonds. The zero-order chi connectivity index (χ0) is 12.5. The van der Waals surface area contributed by atoms with E-state index in [1.807, 2.05) is 31.2 Å². The molecule has 0 fully saturated rings. The van der Waals surface area contributed by atoms with Crippen LogP contribution in [0.1, 0.15) is 18.1 Å².